The minimum Gasteiger partial charge on any atom is -0.398 e. The number of halogens is 1. The first-order valence-electron chi connectivity index (χ1n) is 5.45. The molecule has 18 heavy (non-hydrogen) atoms. The highest BCUT2D eigenvalue weighted by atomic mass is 35.5. The maximum atomic E-state index is 12.0. The molecule has 3 N–H and O–H groups in total. The molecule has 0 saturated carbocycles. The Morgan fingerprint density at radius 1 is 1.44 bits per heavy atom. The predicted octanol–water partition coefficient (Wildman–Crippen LogP) is 1.15. The molecule has 0 aromatic heterocycles. The molecule has 0 saturated heterocycles. The number of hydrogen-bond acceptors (Lipinski definition) is 4. The number of benzene rings is 1. The smallest absolute Gasteiger partial charge is 0.242 e. The first kappa shape index (κ1) is 15.2. The summed E-state index contributed by atoms with van der Waals surface area (Å²) in [4.78, 5) is 1.98. The van der Waals surface area contributed by atoms with E-state index in [4.69, 9.17) is 17.3 Å². The van der Waals surface area contributed by atoms with Gasteiger partial charge in [-0.3, -0.25) is 0 Å². The molecular formula is C11H18ClN3O2S. The minimum absolute atomic E-state index is 0.0536. The summed E-state index contributed by atoms with van der Waals surface area (Å²) in [6.45, 7) is 2.24. The second kappa shape index (κ2) is 5.88. The van der Waals surface area contributed by atoms with Crippen LogP contribution in [0, 0.1) is 0 Å². The molecule has 0 heterocycles. The number of nitrogens with two attached hydrogens (primary N) is 1. The van der Waals surface area contributed by atoms with Crippen molar-refractivity contribution in [3.8, 4) is 0 Å². The van der Waals surface area contributed by atoms with E-state index in [1.54, 1.807) is 0 Å². The van der Waals surface area contributed by atoms with E-state index in [9.17, 15) is 8.42 Å². The standard InChI is InChI=1S/C11H18ClN3O2S/c1-8(15(2)3)7-14-18(16,17)11-5-4-9(12)6-10(11)13/h4-6,8,14H,7,13H2,1-3H3. The van der Waals surface area contributed by atoms with Gasteiger partial charge in [0.05, 0.1) is 5.69 Å². The Bertz CT molecular complexity index is 517. The summed E-state index contributed by atoms with van der Waals surface area (Å²) < 4.78 is 26.6. The van der Waals surface area contributed by atoms with Gasteiger partial charge in [-0.1, -0.05) is 11.6 Å². The van der Waals surface area contributed by atoms with Crippen molar-refractivity contribution < 1.29 is 8.42 Å². The van der Waals surface area contributed by atoms with E-state index >= 15 is 0 Å². The lowest BCUT2D eigenvalue weighted by atomic mass is 10.3. The van der Waals surface area contributed by atoms with Crippen LogP contribution in [0.5, 0.6) is 0 Å². The zero-order valence-corrected chi connectivity index (χ0v) is 12.2. The fraction of sp³-hybridized carbons (Fsp3) is 0.455. The second-order valence-electron chi connectivity index (χ2n) is 4.35. The second-order valence-corrected chi connectivity index (χ2v) is 6.52. The van der Waals surface area contributed by atoms with Gasteiger partial charge in [-0.25, -0.2) is 13.1 Å². The molecule has 0 amide bonds. The summed E-state index contributed by atoms with van der Waals surface area (Å²) in [5.41, 5.74) is 5.81. The average Bonchev–Trinajstić information content (AvgIpc) is 2.25. The number of likely N-dealkylation sites (N-methyl/N-ethyl adjacent to an activating group) is 1. The van der Waals surface area contributed by atoms with Crippen molar-refractivity contribution in [3.05, 3.63) is 23.2 Å². The molecule has 0 radical (unpaired) electrons. The molecule has 1 aromatic rings. The molecule has 1 atom stereocenters. The Morgan fingerprint density at radius 2 is 2.06 bits per heavy atom. The van der Waals surface area contributed by atoms with E-state index < -0.39 is 10.0 Å². The SMILES string of the molecule is CC(CNS(=O)(=O)c1ccc(Cl)cc1N)N(C)C. The van der Waals surface area contributed by atoms with E-state index in [-0.39, 0.29) is 16.6 Å². The number of sulfonamides is 1. The molecule has 1 unspecified atom stereocenters. The quantitative estimate of drug-likeness (QED) is 0.798. The van der Waals surface area contributed by atoms with E-state index in [0.29, 0.717) is 11.6 Å². The van der Waals surface area contributed by atoms with E-state index in [2.05, 4.69) is 4.72 Å². The Balaban J connectivity index is 2.87. The fourth-order valence-corrected chi connectivity index (χ4v) is 2.67. The van der Waals surface area contributed by atoms with E-state index in [0.717, 1.165) is 0 Å². The van der Waals surface area contributed by atoms with Crippen LogP contribution in [0.1, 0.15) is 6.92 Å². The van der Waals surface area contributed by atoms with Crippen LogP contribution < -0.4 is 10.5 Å². The number of rotatable bonds is 5. The minimum atomic E-state index is -3.60. The highest BCUT2D eigenvalue weighted by molar-refractivity contribution is 7.89. The molecule has 0 aliphatic carbocycles. The van der Waals surface area contributed by atoms with Gasteiger partial charge >= 0.3 is 0 Å². The molecule has 102 valence electrons. The highest BCUT2D eigenvalue weighted by Crippen LogP contribution is 2.22. The lowest BCUT2D eigenvalue weighted by Gasteiger charge is -2.20. The maximum Gasteiger partial charge on any atom is 0.242 e. The molecule has 1 aromatic carbocycles. The first-order chi connectivity index (χ1) is 8.24. The monoisotopic (exact) mass is 291 g/mol. The molecule has 7 heteroatoms. The highest BCUT2D eigenvalue weighted by Gasteiger charge is 2.18. The van der Waals surface area contributed by atoms with Gasteiger partial charge in [0.2, 0.25) is 10.0 Å². The summed E-state index contributed by atoms with van der Waals surface area (Å²) in [7, 11) is 0.172. The Hall–Kier alpha value is -0.820. The van der Waals surface area contributed by atoms with Gasteiger partial charge in [0.1, 0.15) is 4.90 Å². The van der Waals surface area contributed by atoms with Crippen molar-refractivity contribution in [2.45, 2.75) is 17.9 Å². The number of hydrogen-bond donors (Lipinski definition) is 2. The molecule has 0 aliphatic heterocycles. The Kier molecular flexibility index (Phi) is 4.98. The van der Waals surface area contributed by atoms with Gasteiger partial charge in [-0.15, -0.1) is 0 Å². The molecule has 5 nitrogen and oxygen atoms in total. The van der Waals surface area contributed by atoms with Gasteiger partial charge in [0, 0.05) is 17.6 Å². The Labute approximate surface area is 113 Å². The number of nitrogens with one attached hydrogen (secondary N) is 1. The summed E-state index contributed by atoms with van der Waals surface area (Å²) >= 11 is 5.73. The summed E-state index contributed by atoms with van der Waals surface area (Å²) in [6.07, 6.45) is 0. The number of nitrogen functional groups attached to an aromatic ring is 1. The third kappa shape index (κ3) is 3.84. The van der Waals surface area contributed by atoms with Crippen LogP contribution in [-0.2, 0) is 10.0 Å². The summed E-state index contributed by atoms with van der Waals surface area (Å²) in [5.74, 6) is 0. The van der Waals surface area contributed by atoms with Crippen LogP contribution in [0.25, 0.3) is 0 Å². The van der Waals surface area contributed by atoms with Crippen molar-refractivity contribution in [3.63, 3.8) is 0 Å². The lowest BCUT2D eigenvalue weighted by Crippen LogP contribution is -2.38. The van der Waals surface area contributed by atoms with E-state index in [1.165, 1.54) is 18.2 Å². The van der Waals surface area contributed by atoms with Crippen LogP contribution in [-0.4, -0.2) is 40.0 Å². The van der Waals surface area contributed by atoms with Crippen molar-refractivity contribution in [1.29, 1.82) is 0 Å². The zero-order valence-electron chi connectivity index (χ0n) is 10.6. The van der Waals surface area contributed by atoms with Crippen molar-refractivity contribution in [1.82, 2.24) is 9.62 Å². The van der Waals surface area contributed by atoms with E-state index in [1.807, 2.05) is 25.9 Å². The largest absolute Gasteiger partial charge is 0.398 e. The molecule has 0 bridgehead atoms. The maximum absolute atomic E-state index is 12.0. The molecular weight excluding hydrogens is 274 g/mol. The summed E-state index contributed by atoms with van der Waals surface area (Å²) in [5, 5.41) is 0.410. The van der Waals surface area contributed by atoms with Gasteiger partial charge in [-0.05, 0) is 39.2 Å². The van der Waals surface area contributed by atoms with Gasteiger partial charge in [-0.2, -0.15) is 0 Å². The third-order valence-corrected chi connectivity index (χ3v) is 4.44. The third-order valence-electron chi connectivity index (χ3n) is 2.71. The molecule has 1 rings (SSSR count). The lowest BCUT2D eigenvalue weighted by molar-refractivity contribution is 0.314. The van der Waals surface area contributed by atoms with Crippen LogP contribution in [0.3, 0.4) is 0 Å². The zero-order chi connectivity index (χ0) is 13.9. The number of nitrogens with zero attached hydrogens (tertiary/aromatic N) is 1. The van der Waals surface area contributed by atoms with Crippen LogP contribution in [0.4, 0.5) is 5.69 Å². The molecule has 0 aliphatic rings. The average molecular weight is 292 g/mol. The van der Waals surface area contributed by atoms with Crippen molar-refractivity contribution in [2.24, 2.45) is 0 Å². The van der Waals surface area contributed by atoms with Crippen molar-refractivity contribution in [2.75, 3.05) is 26.4 Å². The van der Waals surface area contributed by atoms with Crippen LogP contribution in [0.2, 0.25) is 5.02 Å². The normalized spacial score (nSPS) is 13.8. The summed E-state index contributed by atoms with van der Waals surface area (Å²) in [6, 6.07) is 4.42. The van der Waals surface area contributed by atoms with Gasteiger partial charge in [0.25, 0.3) is 0 Å². The van der Waals surface area contributed by atoms with Gasteiger partial charge < -0.3 is 10.6 Å². The van der Waals surface area contributed by atoms with Crippen LogP contribution in [0.15, 0.2) is 23.1 Å². The molecule has 0 fully saturated rings. The van der Waals surface area contributed by atoms with Crippen LogP contribution >= 0.6 is 11.6 Å². The molecule has 0 spiro atoms. The topological polar surface area (TPSA) is 75.4 Å². The Morgan fingerprint density at radius 3 is 2.56 bits per heavy atom. The first-order valence-corrected chi connectivity index (χ1v) is 7.31. The predicted molar refractivity (Wildman–Crippen MR) is 74.2 cm³/mol. The number of anilines is 1. The van der Waals surface area contributed by atoms with Gasteiger partial charge in [0.15, 0.2) is 0 Å². The van der Waals surface area contributed by atoms with Crippen molar-refractivity contribution >= 4 is 27.3 Å². The fourth-order valence-electron chi connectivity index (χ4n) is 1.25.